The predicted molar refractivity (Wildman–Crippen MR) is 80.4 cm³/mol. The Kier molecular flexibility index (Phi) is 4.68. The van der Waals surface area contributed by atoms with Gasteiger partial charge in [0.2, 0.25) is 0 Å². The summed E-state index contributed by atoms with van der Waals surface area (Å²) in [7, 11) is 0. The molecule has 18 heavy (non-hydrogen) atoms. The molecule has 2 rings (SSSR count). The van der Waals surface area contributed by atoms with Crippen LogP contribution >= 0.6 is 0 Å². The largest absolute Gasteiger partial charge is 0.371 e. The first-order valence-electron chi connectivity index (χ1n) is 7.53. The summed E-state index contributed by atoms with van der Waals surface area (Å²) in [5.41, 5.74) is 4.33. The quantitative estimate of drug-likeness (QED) is 0.701. The zero-order valence-electron chi connectivity index (χ0n) is 12.2. The minimum absolute atomic E-state index is 1.01. The SMILES string of the molecule is CCCN(CCC1CCC1)c1cccc(C)c1C. The molecule has 0 spiro atoms. The minimum Gasteiger partial charge on any atom is -0.371 e. The van der Waals surface area contributed by atoms with E-state index in [1.165, 1.54) is 62.0 Å². The van der Waals surface area contributed by atoms with E-state index in [2.05, 4.69) is 43.9 Å². The number of anilines is 1. The van der Waals surface area contributed by atoms with Gasteiger partial charge in [-0.25, -0.2) is 0 Å². The van der Waals surface area contributed by atoms with Gasteiger partial charge in [0.1, 0.15) is 0 Å². The third-order valence-electron chi connectivity index (χ3n) is 4.44. The smallest absolute Gasteiger partial charge is 0.0398 e. The molecule has 0 atom stereocenters. The molecule has 0 aliphatic heterocycles. The lowest BCUT2D eigenvalue weighted by Crippen LogP contribution is -2.29. The van der Waals surface area contributed by atoms with Crippen LogP contribution in [0.4, 0.5) is 5.69 Å². The standard InChI is InChI=1S/C17H27N/c1-4-12-18(13-11-16-8-6-9-16)17-10-5-7-14(2)15(17)3/h5,7,10,16H,4,6,8-9,11-13H2,1-3H3. The zero-order chi connectivity index (χ0) is 13.0. The van der Waals surface area contributed by atoms with E-state index in [1.54, 1.807) is 0 Å². The average molecular weight is 245 g/mol. The van der Waals surface area contributed by atoms with Crippen molar-refractivity contribution in [3.63, 3.8) is 0 Å². The first-order chi connectivity index (χ1) is 8.72. The van der Waals surface area contributed by atoms with Gasteiger partial charge in [-0.1, -0.05) is 38.3 Å². The Morgan fingerprint density at radius 1 is 1.17 bits per heavy atom. The Labute approximate surface area is 112 Å². The lowest BCUT2D eigenvalue weighted by Gasteiger charge is -2.31. The van der Waals surface area contributed by atoms with Crippen molar-refractivity contribution in [3.05, 3.63) is 29.3 Å². The van der Waals surface area contributed by atoms with E-state index in [1.807, 2.05) is 0 Å². The van der Waals surface area contributed by atoms with Crippen molar-refractivity contribution < 1.29 is 0 Å². The third-order valence-corrected chi connectivity index (χ3v) is 4.44. The van der Waals surface area contributed by atoms with Crippen molar-refractivity contribution in [1.29, 1.82) is 0 Å². The van der Waals surface area contributed by atoms with Crippen molar-refractivity contribution >= 4 is 5.69 Å². The molecule has 1 aromatic rings. The highest BCUT2D eigenvalue weighted by atomic mass is 15.1. The third kappa shape index (κ3) is 3.07. The molecule has 1 aromatic carbocycles. The molecule has 0 amide bonds. The molecule has 0 bridgehead atoms. The Morgan fingerprint density at radius 3 is 2.56 bits per heavy atom. The van der Waals surface area contributed by atoms with Crippen molar-refractivity contribution in [2.75, 3.05) is 18.0 Å². The lowest BCUT2D eigenvalue weighted by molar-refractivity contribution is 0.297. The molecule has 1 fully saturated rings. The van der Waals surface area contributed by atoms with Gasteiger partial charge in [0.05, 0.1) is 0 Å². The van der Waals surface area contributed by atoms with E-state index in [9.17, 15) is 0 Å². The molecule has 1 aliphatic rings. The van der Waals surface area contributed by atoms with Gasteiger partial charge in [0, 0.05) is 18.8 Å². The van der Waals surface area contributed by atoms with Crippen LogP contribution in [0.1, 0.15) is 50.2 Å². The van der Waals surface area contributed by atoms with Gasteiger partial charge < -0.3 is 4.90 Å². The monoisotopic (exact) mass is 245 g/mol. The maximum Gasteiger partial charge on any atom is 0.0398 e. The fourth-order valence-electron chi connectivity index (χ4n) is 2.82. The highest BCUT2D eigenvalue weighted by Gasteiger charge is 2.18. The summed E-state index contributed by atoms with van der Waals surface area (Å²) in [6.45, 7) is 9.19. The molecule has 100 valence electrons. The van der Waals surface area contributed by atoms with Gasteiger partial charge in [-0.05, 0) is 49.8 Å². The summed E-state index contributed by atoms with van der Waals surface area (Å²) in [4.78, 5) is 2.60. The molecule has 1 nitrogen and oxygen atoms in total. The second kappa shape index (κ2) is 6.26. The minimum atomic E-state index is 1.01. The van der Waals surface area contributed by atoms with E-state index in [0.717, 1.165) is 5.92 Å². The van der Waals surface area contributed by atoms with E-state index >= 15 is 0 Å². The molecular weight excluding hydrogens is 218 g/mol. The van der Waals surface area contributed by atoms with Gasteiger partial charge in [-0.2, -0.15) is 0 Å². The van der Waals surface area contributed by atoms with Gasteiger partial charge in [-0.3, -0.25) is 0 Å². The van der Waals surface area contributed by atoms with Crippen LogP contribution in [0.3, 0.4) is 0 Å². The number of hydrogen-bond donors (Lipinski definition) is 0. The highest BCUT2D eigenvalue weighted by molar-refractivity contribution is 5.55. The van der Waals surface area contributed by atoms with Crippen LogP contribution in [-0.2, 0) is 0 Å². The molecule has 1 aliphatic carbocycles. The van der Waals surface area contributed by atoms with Crippen LogP contribution in [0, 0.1) is 19.8 Å². The molecule has 1 heteroatoms. The molecule has 1 saturated carbocycles. The number of benzene rings is 1. The normalized spacial score (nSPS) is 15.5. The van der Waals surface area contributed by atoms with Crippen LogP contribution in [-0.4, -0.2) is 13.1 Å². The molecule has 0 radical (unpaired) electrons. The van der Waals surface area contributed by atoms with E-state index in [-0.39, 0.29) is 0 Å². The van der Waals surface area contributed by atoms with Gasteiger partial charge in [0.25, 0.3) is 0 Å². The van der Waals surface area contributed by atoms with Crippen LogP contribution in [0.5, 0.6) is 0 Å². The zero-order valence-corrected chi connectivity index (χ0v) is 12.2. The summed E-state index contributed by atoms with van der Waals surface area (Å²) in [5, 5.41) is 0. The fraction of sp³-hybridized carbons (Fsp3) is 0.647. The summed E-state index contributed by atoms with van der Waals surface area (Å²) in [6.07, 6.45) is 7.01. The molecule has 0 aromatic heterocycles. The van der Waals surface area contributed by atoms with Crippen LogP contribution in [0.15, 0.2) is 18.2 Å². The van der Waals surface area contributed by atoms with E-state index in [4.69, 9.17) is 0 Å². The highest BCUT2D eigenvalue weighted by Crippen LogP contribution is 2.31. The van der Waals surface area contributed by atoms with Gasteiger partial charge in [0.15, 0.2) is 0 Å². The van der Waals surface area contributed by atoms with Crippen molar-refractivity contribution in [2.24, 2.45) is 5.92 Å². The summed E-state index contributed by atoms with van der Waals surface area (Å²) < 4.78 is 0. The molecule has 0 N–H and O–H groups in total. The molecule has 0 heterocycles. The van der Waals surface area contributed by atoms with Crippen LogP contribution < -0.4 is 4.90 Å². The summed E-state index contributed by atoms with van der Waals surface area (Å²) in [6, 6.07) is 6.71. The Bertz CT molecular complexity index is 379. The average Bonchev–Trinajstić information content (AvgIpc) is 2.30. The fourth-order valence-corrected chi connectivity index (χ4v) is 2.82. The van der Waals surface area contributed by atoms with Crippen LogP contribution in [0.25, 0.3) is 0 Å². The maximum absolute atomic E-state index is 2.60. The van der Waals surface area contributed by atoms with E-state index < -0.39 is 0 Å². The lowest BCUT2D eigenvalue weighted by atomic mass is 9.83. The number of aryl methyl sites for hydroxylation is 1. The molecule has 0 saturated heterocycles. The first kappa shape index (κ1) is 13.5. The molecule has 0 unspecified atom stereocenters. The maximum atomic E-state index is 2.60. The second-order valence-electron chi connectivity index (χ2n) is 5.79. The topological polar surface area (TPSA) is 3.24 Å². The van der Waals surface area contributed by atoms with Crippen molar-refractivity contribution in [3.8, 4) is 0 Å². The summed E-state index contributed by atoms with van der Waals surface area (Å²) in [5.74, 6) is 1.01. The van der Waals surface area contributed by atoms with Crippen LogP contribution in [0.2, 0.25) is 0 Å². The Hall–Kier alpha value is -0.980. The second-order valence-corrected chi connectivity index (χ2v) is 5.79. The Balaban J connectivity index is 2.04. The number of nitrogens with zero attached hydrogens (tertiary/aromatic N) is 1. The van der Waals surface area contributed by atoms with Crippen molar-refractivity contribution in [1.82, 2.24) is 0 Å². The number of hydrogen-bond acceptors (Lipinski definition) is 1. The number of rotatable bonds is 6. The van der Waals surface area contributed by atoms with Crippen molar-refractivity contribution in [2.45, 2.75) is 52.9 Å². The molecular formula is C17H27N. The summed E-state index contributed by atoms with van der Waals surface area (Å²) >= 11 is 0. The van der Waals surface area contributed by atoms with E-state index in [0.29, 0.717) is 0 Å². The first-order valence-corrected chi connectivity index (χ1v) is 7.53. The predicted octanol–water partition coefficient (Wildman–Crippen LogP) is 4.71. The Morgan fingerprint density at radius 2 is 1.94 bits per heavy atom. The van der Waals surface area contributed by atoms with Gasteiger partial charge in [-0.15, -0.1) is 0 Å². The van der Waals surface area contributed by atoms with Gasteiger partial charge >= 0.3 is 0 Å².